The van der Waals surface area contributed by atoms with E-state index in [2.05, 4.69) is 5.32 Å². The maximum Gasteiger partial charge on any atom is 0.0771 e. The number of thiophene rings is 1. The zero-order valence-electron chi connectivity index (χ0n) is 8.12. The van der Waals surface area contributed by atoms with E-state index in [1.54, 1.807) is 11.3 Å². The molecule has 0 bridgehead atoms. The van der Waals surface area contributed by atoms with Crippen LogP contribution in [0.15, 0.2) is 11.4 Å². The first kappa shape index (κ1) is 9.96. The van der Waals surface area contributed by atoms with Crippen molar-refractivity contribution in [1.29, 1.82) is 0 Å². The van der Waals surface area contributed by atoms with Crippen molar-refractivity contribution in [2.75, 3.05) is 12.3 Å². The van der Waals surface area contributed by atoms with Gasteiger partial charge in [-0.3, -0.25) is 0 Å². The van der Waals surface area contributed by atoms with Gasteiger partial charge in [0, 0.05) is 23.7 Å². The Morgan fingerprint density at radius 3 is 2.86 bits per heavy atom. The minimum atomic E-state index is -0.438. The van der Waals surface area contributed by atoms with Crippen LogP contribution in [0.2, 0.25) is 0 Å². The SMILES string of the molecule is Nc1ccsc1CNCC1(O)CCC1. The first-order valence-corrected chi connectivity index (χ1v) is 5.83. The van der Waals surface area contributed by atoms with Crippen LogP contribution < -0.4 is 11.1 Å². The van der Waals surface area contributed by atoms with Crippen LogP contribution >= 0.6 is 11.3 Å². The molecule has 0 saturated heterocycles. The molecule has 1 aromatic heterocycles. The van der Waals surface area contributed by atoms with Crippen LogP contribution in [0.4, 0.5) is 5.69 Å². The van der Waals surface area contributed by atoms with Gasteiger partial charge in [0.1, 0.15) is 0 Å². The summed E-state index contributed by atoms with van der Waals surface area (Å²) in [5.74, 6) is 0. The quantitative estimate of drug-likeness (QED) is 0.706. The molecule has 0 atom stereocenters. The molecule has 1 aliphatic rings. The topological polar surface area (TPSA) is 58.3 Å². The number of nitrogens with two attached hydrogens (primary N) is 1. The van der Waals surface area contributed by atoms with E-state index in [4.69, 9.17) is 5.73 Å². The number of rotatable bonds is 4. The smallest absolute Gasteiger partial charge is 0.0771 e. The Bertz CT molecular complexity index is 307. The number of aliphatic hydroxyl groups is 1. The monoisotopic (exact) mass is 212 g/mol. The third-order valence-corrected chi connectivity index (χ3v) is 3.74. The largest absolute Gasteiger partial charge is 0.398 e. The third-order valence-electron chi connectivity index (χ3n) is 2.80. The van der Waals surface area contributed by atoms with E-state index in [-0.39, 0.29) is 0 Å². The van der Waals surface area contributed by atoms with Crippen molar-refractivity contribution >= 4 is 17.0 Å². The van der Waals surface area contributed by atoms with Gasteiger partial charge in [-0.1, -0.05) is 0 Å². The Kier molecular flexibility index (Phi) is 2.76. The highest BCUT2D eigenvalue weighted by molar-refractivity contribution is 7.10. The molecule has 78 valence electrons. The van der Waals surface area contributed by atoms with E-state index >= 15 is 0 Å². The van der Waals surface area contributed by atoms with Crippen molar-refractivity contribution in [1.82, 2.24) is 5.32 Å². The van der Waals surface area contributed by atoms with Gasteiger partial charge in [-0.05, 0) is 30.7 Å². The van der Waals surface area contributed by atoms with Crippen molar-refractivity contribution in [2.45, 2.75) is 31.4 Å². The number of anilines is 1. The maximum absolute atomic E-state index is 9.82. The second-order valence-electron chi connectivity index (χ2n) is 3.98. The Morgan fingerprint density at radius 1 is 1.57 bits per heavy atom. The van der Waals surface area contributed by atoms with Crippen molar-refractivity contribution in [3.05, 3.63) is 16.3 Å². The molecule has 3 nitrogen and oxygen atoms in total. The predicted molar refractivity (Wildman–Crippen MR) is 59.2 cm³/mol. The Hall–Kier alpha value is -0.580. The third kappa shape index (κ3) is 2.08. The Balaban J connectivity index is 1.75. The first-order chi connectivity index (χ1) is 6.70. The summed E-state index contributed by atoms with van der Waals surface area (Å²) >= 11 is 1.66. The normalized spacial score (nSPS) is 19.2. The molecule has 0 amide bonds. The fourth-order valence-corrected chi connectivity index (χ4v) is 2.43. The van der Waals surface area contributed by atoms with Gasteiger partial charge in [0.05, 0.1) is 5.60 Å². The summed E-state index contributed by atoms with van der Waals surface area (Å²) in [6.45, 7) is 1.45. The van der Waals surface area contributed by atoms with E-state index in [9.17, 15) is 5.11 Å². The lowest BCUT2D eigenvalue weighted by Gasteiger charge is -2.36. The summed E-state index contributed by atoms with van der Waals surface area (Å²) in [7, 11) is 0. The molecule has 2 rings (SSSR count). The molecule has 1 aromatic rings. The summed E-state index contributed by atoms with van der Waals surface area (Å²) < 4.78 is 0. The molecule has 4 heteroatoms. The van der Waals surface area contributed by atoms with Crippen LogP contribution in [0, 0.1) is 0 Å². The highest BCUT2D eigenvalue weighted by Crippen LogP contribution is 2.30. The van der Waals surface area contributed by atoms with Gasteiger partial charge in [-0.25, -0.2) is 0 Å². The molecule has 0 unspecified atom stereocenters. The molecule has 14 heavy (non-hydrogen) atoms. The predicted octanol–water partition coefficient (Wildman–Crippen LogP) is 1.33. The molecule has 1 fully saturated rings. The van der Waals surface area contributed by atoms with E-state index in [0.717, 1.165) is 36.4 Å². The van der Waals surface area contributed by atoms with Gasteiger partial charge in [0.2, 0.25) is 0 Å². The fraction of sp³-hybridized carbons (Fsp3) is 0.600. The van der Waals surface area contributed by atoms with Gasteiger partial charge in [-0.2, -0.15) is 0 Å². The number of hydrogen-bond donors (Lipinski definition) is 3. The van der Waals surface area contributed by atoms with E-state index in [0.29, 0.717) is 6.54 Å². The first-order valence-electron chi connectivity index (χ1n) is 4.95. The minimum Gasteiger partial charge on any atom is -0.398 e. The molecule has 4 N–H and O–H groups in total. The van der Waals surface area contributed by atoms with Crippen LogP contribution in [0.3, 0.4) is 0 Å². The molecule has 0 aromatic carbocycles. The molecule has 0 spiro atoms. The van der Waals surface area contributed by atoms with Crippen LogP contribution in [-0.4, -0.2) is 17.3 Å². The van der Waals surface area contributed by atoms with Crippen LogP contribution in [0.1, 0.15) is 24.1 Å². The molecule has 1 saturated carbocycles. The summed E-state index contributed by atoms with van der Waals surface area (Å²) in [4.78, 5) is 1.16. The highest BCUT2D eigenvalue weighted by atomic mass is 32.1. The van der Waals surface area contributed by atoms with Crippen molar-refractivity contribution in [3.8, 4) is 0 Å². The number of hydrogen-bond acceptors (Lipinski definition) is 4. The van der Waals surface area contributed by atoms with Crippen molar-refractivity contribution in [3.63, 3.8) is 0 Å². The van der Waals surface area contributed by atoms with E-state index < -0.39 is 5.60 Å². The molecular formula is C10H16N2OS. The van der Waals surface area contributed by atoms with E-state index in [1.165, 1.54) is 0 Å². The fourth-order valence-electron chi connectivity index (χ4n) is 1.66. The summed E-state index contributed by atoms with van der Waals surface area (Å²) in [5.41, 5.74) is 6.16. The lowest BCUT2D eigenvalue weighted by molar-refractivity contribution is -0.0314. The number of nitrogens with one attached hydrogen (secondary N) is 1. The van der Waals surface area contributed by atoms with Gasteiger partial charge >= 0.3 is 0 Å². The van der Waals surface area contributed by atoms with Gasteiger partial charge in [0.15, 0.2) is 0 Å². The highest BCUT2D eigenvalue weighted by Gasteiger charge is 2.33. The average Bonchev–Trinajstić information content (AvgIpc) is 2.49. The molecule has 1 heterocycles. The zero-order chi connectivity index (χ0) is 10.0. The lowest BCUT2D eigenvalue weighted by atomic mass is 9.80. The minimum absolute atomic E-state index is 0.438. The average molecular weight is 212 g/mol. The Morgan fingerprint density at radius 2 is 2.36 bits per heavy atom. The molecular weight excluding hydrogens is 196 g/mol. The molecule has 1 aliphatic carbocycles. The zero-order valence-corrected chi connectivity index (χ0v) is 8.94. The van der Waals surface area contributed by atoms with Crippen LogP contribution in [-0.2, 0) is 6.54 Å². The van der Waals surface area contributed by atoms with Gasteiger partial charge in [0.25, 0.3) is 0 Å². The summed E-state index contributed by atoms with van der Waals surface area (Å²) in [5, 5.41) is 15.1. The van der Waals surface area contributed by atoms with Crippen LogP contribution in [0.5, 0.6) is 0 Å². The van der Waals surface area contributed by atoms with Crippen molar-refractivity contribution < 1.29 is 5.11 Å². The maximum atomic E-state index is 9.82. The standard InChI is InChI=1S/C10H16N2OS/c11-8-2-5-14-9(8)6-12-7-10(13)3-1-4-10/h2,5,12-13H,1,3-4,6-7,11H2. The van der Waals surface area contributed by atoms with E-state index in [1.807, 2.05) is 11.4 Å². The molecule has 0 radical (unpaired) electrons. The summed E-state index contributed by atoms with van der Waals surface area (Å²) in [6, 6.07) is 1.92. The summed E-state index contributed by atoms with van der Waals surface area (Å²) in [6.07, 6.45) is 3.01. The Labute approximate surface area is 87.9 Å². The molecule has 0 aliphatic heterocycles. The second-order valence-corrected chi connectivity index (χ2v) is 4.98. The number of nitrogen functional groups attached to an aromatic ring is 1. The second kappa shape index (κ2) is 3.88. The lowest BCUT2D eigenvalue weighted by Crippen LogP contribution is -2.45. The van der Waals surface area contributed by atoms with Crippen LogP contribution in [0.25, 0.3) is 0 Å². The van der Waals surface area contributed by atoms with Gasteiger partial charge < -0.3 is 16.2 Å². The van der Waals surface area contributed by atoms with Gasteiger partial charge in [-0.15, -0.1) is 11.3 Å². The van der Waals surface area contributed by atoms with Crippen molar-refractivity contribution in [2.24, 2.45) is 0 Å².